The molecule has 0 bridgehead atoms. The highest BCUT2D eigenvalue weighted by Gasteiger charge is 2.35. The molecule has 2 aromatic heterocycles. The van der Waals surface area contributed by atoms with E-state index in [2.05, 4.69) is 216 Å². The zero-order valence-electron chi connectivity index (χ0n) is 31.9. The first kappa shape index (κ1) is 33.1. The minimum Gasteiger partial charge on any atom is -0.310 e. The predicted octanol–water partition coefficient (Wildman–Crippen LogP) is 14.4. The number of fused-ring (bicyclic) bond motifs is 7. The van der Waals surface area contributed by atoms with Gasteiger partial charge in [0.2, 0.25) is 0 Å². The fourth-order valence-electron chi connectivity index (χ4n) is 9.20. The van der Waals surface area contributed by atoms with Crippen LogP contribution in [-0.4, -0.2) is 9.55 Å². The molecule has 0 unspecified atom stereocenters. The largest absolute Gasteiger partial charge is 0.310 e. The van der Waals surface area contributed by atoms with Gasteiger partial charge in [0.1, 0.15) is 0 Å². The molecule has 3 heteroatoms. The lowest BCUT2D eigenvalue weighted by Crippen LogP contribution is -2.16. The van der Waals surface area contributed by atoms with Crippen molar-refractivity contribution in [2.45, 2.75) is 19.3 Å². The van der Waals surface area contributed by atoms with Gasteiger partial charge in [0.25, 0.3) is 0 Å². The number of pyridine rings is 1. The number of hydrogen-bond donors (Lipinski definition) is 0. The number of rotatable bonds is 6. The first-order chi connectivity index (χ1) is 28.0. The first-order valence-corrected chi connectivity index (χ1v) is 19.7. The van der Waals surface area contributed by atoms with Crippen LogP contribution in [0, 0.1) is 0 Å². The van der Waals surface area contributed by atoms with Crippen molar-refractivity contribution in [3.63, 3.8) is 0 Å². The molecule has 0 N–H and O–H groups in total. The van der Waals surface area contributed by atoms with Crippen molar-refractivity contribution in [3.8, 4) is 39.1 Å². The Kier molecular flexibility index (Phi) is 7.52. The highest BCUT2D eigenvalue weighted by molar-refractivity contribution is 6.10. The van der Waals surface area contributed by atoms with Crippen molar-refractivity contribution in [3.05, 3.63) is 212 Å². The summed E-state index contributed by atoms with van der Waals surface area (Å²) in [5, 5.41) is 4.99. The predicted molar refractivity (Wildman–Crippen MR) is 239 cm³/mol. The SMILES string of the molecule is CC1(C)c2ccccc2-c2ccc(N(c3ccc(-c4ccc5c(c4)c4ccccc4n5-c4ccc5ccccc5c4)cc3)c3cccc(-c4ccncc4)c3)cc21. The van der Waals surface area contributed by atoms with Crippen molar-refractivity contribution in [1.29, 1.82) is 0 Å². The molecule has 8 aromatic carbocycles. The number of nitrogens with zero attached hydrogens (tertiary/aromatic N) is 3. The minimum atomic E-state index is -0.105. The second-order valence-electron chi connectivity index (χ2n) is 15.7. The van der Waals surface area contributed by atoms with Gasteiger partial charge >= 0.3 is 0 Å². The number of anilines is 3. The maximum atomic E-state index is 4.27. The number of aromatic nitrogens is 2. The lowest BCUT2D eigenvalue weighted by Gasteiger charge is -2.28. The van der Waals surface area contributed by atoms with Crippen molar-refractivity contribution >= 4 is 49.6 Å². The van der Waals surface area contributed by atoms with Gasteiger partial charge in [-0.1, -0.05) is 123 Å². The summed E-state index contributed by atoms with van der Waals surface area (Å²) in [6, 6.07) is 68.9. The third-order valence-electron chi connectivity index (χ3n) is 12.1. The average Bonchev–Trinajstić information content (AvgIpc) is 3.72. The van der Waals surface area contributed by atoms with Gasteiger partial charge in [0.05, 0.1) is 11.0 Å². The second kappa shape index (κ2) is 12.9. The Bertz CT molecular complexity index is 3150. The van der Waals surface area contributed by atoms with Crippen LogP contribution < -0.4 is 4.90 Å². The fourth-order valence-corrected chi connectivity index (χ4v) is 9.20. The molecule has 10 aromatic rings. The normalized spacial score (nSPS) is 12.9. The Hall–Kier alpha value is -7.23. The smallest absolute Gasteiger partial charge is 0.0541 e. The van der Waals surface area contributed by atoms with E-state index in [1.807, 2.05) is 12.4 Å². The third kappa shape index (κ3) is 5.38. The molecule has 0 saturated heterocycles. The van der Waals surface area contributed by atoms with E-state index in [4.69, 9.17) is 0 Å². The van der Waals surface area contributed by atoms with Crippen LogP contribution in [0.1, 0.15) is 25.0 Å². The van der Waals surface area contributed by atoms with Crippen LogP contribution >= 0.6 is 0 Å². The van der Waals surface area contributed by atoms with Gasteiger partial charge in [0, 0.05) is 51.3 Å². The van der Waals surface area contributed by atoms with Crippen LogP contribution in [0.15, 0.2) is 200 Å². The molecule has 0 radical (unpaired) electrons. The molecule has 0 atom stereocenters. The first-order valence-electron chi connectivity index (χ1n) is 19.7. The van der Waals surface area contributed by atoms with Crippen molar-refractivity contribution < 1.29 is 0 Å². The van der Waals surface area contributed by atoms with E-state index in [1.165, 1.54) is 71.6 Å². The molecular formula is C54H39N3. The van der Waals surface area contributed by atoms with E-state index in [0.717, 1.165) is 28.2 Å². The summed E-state index contributed by atoms with van der Waals surface area (Å²) in [5.41, 5.74) is 16.9. The van der Waals surface area contributed by atoms with Gasteiger partial charge in [-0.2, -0.15) is 0 Å². The van der Waals surface area contributed by atoms with Gasteiger partial charge in [0.15, 0.2) is 0 Å². The summed E-state index contributed by atoms with van der Waals surface area (Å²) in [4.78, 5) is 6.66. The van der Waals surface area contributed by atoms with Crippen molar-refractivity contribution in [2.24, 2.45) is 0 Å². The molecule has 0 saturated carbocycles. The molecule has 11 rings (SSSR count). The van der Waals surface area contributed by atoms with Gasteiger partial charge in [-0.05, 0) is 134 Å². The van der Waals surface area contributed by atoms with Crippen molar-refractivity contribution in [2.75, 3.05) is 4.90 Å². The minimum absolute atomic E-state index is 0.105. The van der Waals surface area contributed by atoms with E-state index in [9.17, 15) is 0 Å². The van der Waals surface area contributed by atoms with Crippen LogP contribution in [0.3, 0.4) is 0 Å². The highest BCUT2D eigenvalue weighted by Crippen LogP contribution is 2.51. The van der Waals surface area contributed by atoms with Gasteiger partial charge in [-0.25, -0.2) is 0 Å². The second-order valence-corrected chi connectivity index (χ2v) is 15.7. The summed E-state index contributed by atoms with van der Waals surface area (Å²) in [5.74, 6) is 0. The Morgan fingerprint density at radius 3 is 1.96 bits per heavy atom. The standard InChI is InChI=1S/C54H39N3/c1-54(2)50-16-7-5-14-46(50)47-26-25-45(35-51(47)54)56(43-13-9-12-40(32-43)38-28-30-55-31-29-38)42-22-18-37(19-23-42)41-21-27-53-49(34-41)48-15-6-8-17-52(48)57(53)44-24-20-36-10-3-4-11-39(36)33-44/h3-35H,1-2H3. The number of benzene rings is 8. The van der Waals surface area contributed by atoms with Gasteiger partial charge in [-0.3, -0.25) is 4.98 Å². The molecule has 3 nitrogen and oxygen atoms in total. The fraction of sp³-hybridized carbons (Fsp3) is 0.0556. The van der Waals surface area contributed by atoms with E-state index in [-0.39, 0.29) is 5.41 Å². The summed E-state index contributed by atoms with van der Waals surface area (Å²) < 4.78 is 2.40. The lowest BCUT2D eigenvalue weighted by molar-refractivity contribution is 0.660. The molecule has 57 heavy (non-hydrogen) atoms. The third-order valence-corrected chi connectivity index (χ3v) is 12.1. The molecule has 270 valence electrons. The summed E-state index contributed by atoms with van der Waals surface area (Å²) >= 11 is 0. The Balaban J connectivity index is 1.02. The van der Waals surface area contributed by atoms with Crippen molar-refractivity contribution in [1.82, 2.24) is 9.55 Å². The van der Waals surface area contributed by atoms with E-state index >= 15 is 0 Å². The van der Waals surface area contributed by atoms with Crippen LogP contribution in [0.25, 0.3) is 71.6 Å². The molecule has 0 aliphatic heterocycles. The zero-order valence-corrected chi connectivity index (χ0v) is 31.9. The average molecular weight is 730 g/mol. The number of para-hydroxylation sites is 1. The summed E-state index contributed by atoms with van der Waals surface area (Å²) in [6.45, 7) is 4.70. The summed E-state index contributed by atoms with van der Waals surface area (Å²) in [7, 11) is 0. The molecule has 0 spiro atoms. The molecule has 2 heterocycles. The maximum absolute atomic E-state index is 4.27. The Labute approximate surface area is 332 Å². The zero-order chi connectivity index (χ0) is 38.1. The highest BCUT2D eigenvalue weighted by atomic mass is 15.1. The Morgan fingerprint density at radius 2 is 1.09 bits per heavy atom. The number of hydrogen-bond acceptors (Lipinski definition) is 2. The topological polar surface area (TPSA) is 21.1 Å². The van der Waals surface area contributed by atoms with Gasteiger partial charge < -0.3 is 9.47 Å². The maximum Gasteiger partial charge on any atom is 0.0541 e. The van der Waals surface area contributed by atoms with Crippen LogP contribution in [0.2, 0.25) is 0 Å². The molecule has 1 aliphatic carbocycles. The molecular weight excluding hydrogens is 691 g/mol. The molecule has 0 fully saturated rings. The summed E-state index contributed by atoms with van der Waals surface area (Å²) in [6.07, 6.45) is 3.72. The molecule has 0 amide bonds. The lowest BCUT2D eigenvalue weighted by atomic mass is 9.82. The van der Waals surface area contributed by atoms with Crippen LogP contribution in [-0.2, 0) is 5.41 Å². The molecule has 1 aliphatic rings. The van der Waals surface area contributed by atoms with E-state index < -0.39 is 0 Å². The Morgan fingerprint density at radius 1 is 0.421 bits per heavy atom. The van der Waals surface area contributed by atoms with Crippen LogP contribution in [0.4, 0.5) is 17.1 Å². The quantitative estimate of drug-likeness (QED) is 0.170. The van der Waals surface area contributed by atoms with Gasteiger partial charge in [-0.15, -0.1) is 0 Å². The van der Waals surface area contributed by atoms with E-state index in [1.54, 1.807) is 0 Å². The monoisotopic (exact) mass is 729 g/mol. The van der Waals surface area contributed by atoms with E-state index in [0.29, 0.717) is 0 Å². The van der Waals surface area contributed by atoms with Crippen LogP contribution in [0.5, 0.6) is 0 Å².